The predicted molar refractivity (Wildman–Crippen MR) is 58.5 cm³/mol. The van der Waals surface area contributed by atoms with Crippen LogP contribution in [0.5, 0.6) is 5.75 Å². The summed E-state index contributed by atoms with van der Waals surface area (Å²) in [6, 6.07) is 3.07. The molecule has 0 saturated heterocycles. The summed E-state index contributed by atoms with van der Waals surface area (Å²) in [7, 11) is 0. The fourth-order valence-corrected chi connectivity index (χ4v) is 1.52. The topological polar surface area (TPSA) is 46.5 Å². The zero-order valence-electron chi connectivity index (χ0n) is 8.09. The molecule has 0 bridgehead atoms. The second kappa shape index (κ2) is 5.24. The summed E-state index contributed by atoms with van der Waals surface area (Å²) in [4.78, 5) is 11.2. The summed E-state index contributed by atoms with van der Waals surface area (Å²) in [6.45, 7) is 2.04. The van der Waals surface area contributed by atoms with Gasteiger partial charge in [0.15, 0.2) is 5.75 Å². The largest absolute Gasteiger partial charge is 0.505 e. The second-order valence-corrected chi connectivity index (χ2v) is 3.64. The van der Waals surface area contributed by atoms with E-state index in [4.69, 9.17) is 27.9 Å². The molecule has 0 atom stereocenters. The predicted octanol–water partition coefficient (Wildman–Crippen LogP) is 2.80. The first-order valence-corrected chi connectivity index (χ1v) is 5.13. The quantitative estimate of drug-likeness (QED) is 0.838. The van der Waals surface area contributed by atoms with Crippen LogP contribution in [0.3, 0.4) is 0 Å². The highest BCUT2D eigenvalue weighted by Gasteiger charge is 2.12. The molecule has 0 radical (unpaired) electrons. The highest BCUT2D eigenvalue weighted by molar-refractivity contribution is 6.37. The third-order valence-electron chi connectivity index (χ3n) is 1.79. The summed E-state index contributed by atoms with van der Waals surface area (Å²) in [5, 5.41) is 9.67. The number of aromatic hydroxyl groups is 1. The molecule has 15 heavy (non-hydrogen) atoms. The van der Waals surface area contributed by atoms with Crippen LogP contribution in [0.1, 0.15) is 12.5 Å². The molecule has 0 aliphatic carbocycles. The van der Waals surface area contributed by atoms with Crippen LogP contribution in [-0.2, 0) is 16.0 Å². The molecule has 5 heteroatoms. The zero-order valence-corrected chi connectivity index (χ0v) is 9.60. The summed E-state index contributed by atoms with van der Waals surface area (Å²) >= 11 is 11.4. The second-order valence-electron chi connectivity index (χ2n) is 2.85. The molecule has 0 aromatic heterocycles. The lowest BCUT2D eigenvalue weighted by molar-refractivity contribution is -0.142. The Hall–Kier alpha value is -0.930. The summed E-state index contributed by atoms with van der Waals surface area (Å²) < 4.78 is 4.76. The molecule has 0 unspecified atom stereocenters. The zero-order chi connectivity index (χ0) is 11.4. The Kier molecular flexibility index (Phi) is 4.24. The third kappa shape index (κ3) is 3.01. The van der Waals surface area contributed by atoms with E-state index in [-0.39, 0.29) is 28.2 Å². The van der Waals surface area contributed by atoms with Crippen molar-refractivity contribution in [3.8, 4) is 5.75 Å². The van der Waals surface area contributed by atoms with Gasteiger partial charge in [-0.05, 0) is 18.6 Å². The molecule has 0 heterocycles. The van der Waals surface area contributed by atoms with Crippen molar-refractivity contribution in [2.75, 3.05) is 6.61 Å². The SMILES string of the molecule is CCOC(=O)Cc1ccc(Cl)c(O)c1Cl. The maximum Gasteiger partial charge on any atom is 0.310 e. The fourth-order valence-electron chi connectivity index (χ4n) is 1.09. The van der Waals surface area contributed by atoms with Crippen LogP contribution >= 0.6 is 23.2 Å². The molecule has 0 spiro atoms. The van der Waals surface area contributed by atoms with Crippen LogP contribution in [0, 0.1) is 0 Å². The highest BCUT2D eigenvalue weighted by Crippen LogP contribution is 2.34. The number of hydrogen-bond donors (Lipinski definition) is 1. The van der Waals surface area contributed by atoms with Crippen molar-refractivity contribution in [3.05, 3.63) is 27.7 Å². The Morgan fingerprint density at radius 2 is 2.13 bits per heavy atom. The van der Waals surface area contributed by atoms with Crippen LogP contribution in [-0.4, -0.2) is 17.7 Å². The fraction of sp³-hybridized carbons (Fsp3) is 0.300. The van der Waals surface area contributed by atoms with Crippen molar-refractivity contribution in [2.45, 2.75) is 13.3 Å². The van der Waals surface area contributed by atoms with Crippen molar-refractivity contribution >= 4 is 29.2 Å². The van der Waals surface area contributed by atoms with E-state index in [2.05, 4.69) is 0 Å². The van der Waals surface area contributed by atoms with Crippen LogP contribution in [0.4, 0.5) is 0 Å². The minimum Gasteiger partial charge on any atom is -0.505 e. The normalized spacial score (nSPS) is 10.1. The van der Waals surface area contributed by atoms with Gasteiger partial charge in [0.05, 0.1) is 23.1 Å². The van der Waals surface area contributed by atoms with Gasteiger partial charge < -0.3 is 9.84 Å². The maximum absolute atomic E-state index is 11.2. The van der Waals surface area contributed by atoms with E-state index in [1.165, 1.54) is 6.07 Å². The molecule has 82 valence electrons. The Balaban J connectivity index is 2.87. The van der Waals surface area contributed by atoms with Gasteiger partial charge in [0, 0.05) is 0 Å². The van der Waals surface area contributed by atoms with E-state index in [9.17, 15) is 9.90 Å². The number of halogens is 2. The average Bonchev–Trinajstić information content (AvgIpc) is 2.20. The number of hydrogen-bond acceptors (Lipinski definition) is 3. The van der Waals surface area contributed by atoms with Crippen molar-refractivity contribution in [1.29, 1.82) is 0 Å². The first-order chi connectivity index (χ1) is 7.06. The Labute approximate surface area is 97.6 Å². The molecule has 1 rings (SSSR count). The van der Waals surface area contributed by atoms with E-state index in [0.29, 0.717) is 12.2 Å². The molecule has 1 aromatic rings. The van der Waals surface area contributed by atoms with Gasteiger partial charge in [-0.25, -0.2) is 0 Å². The van der Waals surface area contributed by atoms with Gasteiger partial charge in [-0.2, -0.15) is 0 Å². The van der Waals surface area contributed by atoms with Gasteiger partial charge in [-0.3, -0.25) is 4.79 Å². The number of ether oxygens (including phenoxy) is 1. The van der Waals surface area contributed by atoms with Gasteiger partial charge in [0.25, 0.3) is 0 Å². The number of carbonyl (C=O) groups is 1. The lowest BCUT2D eigenvalue weighted by Gasteiger charge is -2.06. The number of benzene rings is 1. The standard InChI is InChI=1S/C10H10Cl2O3/c1-2-15-8(13)5-6-3-4-7(11)10(14)9(6)12/h3-4,14H,2,5H2,1H3. The first kappa shape index (κ1) is 12.1. The molecule has 0 saturated carbocycles. The molecular weight excluding hydrogens is 239 g/mol. The van der Waals surface area contributed by atoms with Gasteiger partial charge in [-0.1, -0.05) is 29.3 Å². The van der Waals surface area contributed by atoms with E-state index < -0.39 is 0 Å². The number of esters is 1. The molecule has 0 fully saturated rings. The first-order valence-electron chi connectivity index (χ1n) is 4.37. The van der Waals surface area contributed by atoms with Crippen LogP contribution in [0.2, 0.25) is 10.0 Å². The van der Waals surface area contributed by atoms with Crippen molar-refractivity contribution in [2.24, 2.45) is 0 Å². The number of rotatable bonds is 3. The molecule has 1 aromatic carbocycles. The smallest absolute Gasteiger partial charge is 0.310 e. The third-order valence-corrected chi connectivity index (χ3v) is 2.51. The van der Waals surface area contributed by atoms with Crippen LogP contribution in [0.15, 0.2) is 12.1 Å². The van der Waals surface area contributed by atoms with E-state index in [1.54, 1.807) is 13.0 Å². The monoisotopic (exact) mass is 248 g/mol. The minimum atomic E-state index is -0.388. The maximum atomic E-state index is 11.2. The minimum absolute atomic E-state index is 0.0252. The van der Waals surface area contributed by atoms with Crippen LogP contribution in [0.25, 0.3) is 0 Å². The lowest BCUT2D eigenvalue weighted by atomic mass is 10.1. The Morgan fingerprint density at radius 1 is 1.47 bits per heavy atom. The van der Waals surface area contributed by atoms with Gasteiger partial charge in [0.2, 0.25) is 0 Å². The highest BCUT2D eigenvalue weighted by atomic mass is 35.5. The summed E-state index contributed by atoms with van der Waals surface area (Å²) in [5.41, 5.74) is 0.497. The average molecular weight is 249 g/mol. The van der Waals surface area contributed by atoms with Crippen LogP contribution < -0.4 is 0 Å². The van der Waals surface area contributed by atoms with E-state index in [1.807, 2.05) is 0 Å². The molecule has 1 N–H and O–H groups in total. The molecule has 0 amide bonds. The van der Waals surface area contributed by atoms with E-state index in [0.717, 1.165) is 0 Å². The number of phenols is 1. The number of carbonyl (C=O) groups excluding carboxylic acids is 1. The van der Waals surface area contributed by atoms with Crippen molar-refractivity contribution in [3.63, 3.8) is 0 Å². The molecule has 3 nitrogen and oxygen atoms in total. The van der Waals surface area contributed by atoms with Crippen molar-refractivity contribution < 1.29 is 14.6 Å². The van der Waals surface area contributed by atoms with Crippen molar-refractivity contribution in [1.82, 2.24) is 0 Å². The number of phenolic OH excluding ortho intramolecular Hbond substituents is 1. The van der Waals surface area contributed by atoms with Gasteiger partial charge in [0.1, 0.15) is 0 Å². The Morgan fingerprint density at radius 3 is 2.73 bits per heavy atom. The summed E-state index contributed by atoms with van der Waals surface area (Å²) in [6.07, 6.45) is 0.0252. The van der Waals surface area contributed by atoms with Gasteiger partial charge >= 0.3 is 5.97 Å². The molecular formula is C10H10Cl2O3. The van der Waals surface area contributed by atoms with Gasteiger partial charge in [-0.15, -0.1) is 0 Å². The van der Waals surface area contributed by atoms with E-state index >= 15 is 0 Å². The summed E-state index contributed by atoms with van der Waals surface area (Å²) in [5.74, 6) is -0.596. The lowest BCUT2D eigenvalue weighted by Crippen LogP contribution is -2.07. The Bertz CT molecular complexity index is 377. The molecule has 0 aliphatic rings. The molecule has 0 aliphatic heterocycles.